The Morgan fingerprint density at radius 2 is 1.75 bits per heavy atom. The van der Waals surface area contributed by atoms with Gasteiger partial charge in [-0.15, -0.1) is 12.4 Å². The molecule has 0 saturated heterocycles. The highest BCUT2D eigenvalue weighted by molar-refractivity contribution is 6.36. The Bertz CT molecular complexity index is 466. The maximum Gasteiger partial charge on any atom is 0.0683 e. The second kappa shape index (κ2) is 5.60. The Hall–Kier alpha value is -0.670. The lowest BCUT2D eigenvalue weighted by Crippen LogP contribution is -2.04. The van der Waals surface area contributed by atoms with Crippen LogP contribution in [0.5, 0.6) is 0 Å². The molecule has 2 rings (SSSR count). The molecular weight excluding hydrogens is 266 g/mol. The smallest absolute Gasteiger partial charge is 0.0683 e. The number of halogens is 3. The van der Waals surface area contributed by atoms with E-state index >= 15 is 0 Å². The van der Waals surface area contributed by atoms with Gasteiger partial charge in [0.05, 0.1) is 10.7 Å². The predicted molar refractivity (Wildman–Crippen MR) is 70.9 cm³/mol. The van der Waals surface area contributed by atoms with Crippen LogP contribution in [0.25, 0.3) is 5.69 Å². The van der Waals surface area contributed by atoms with Gasteiger partial charge in [-0.1, -0.05) is 23.2 Å². The molecule has 2 N–H and O–H groups in total. The summed E-state index contributed by atoms with van der Waals surface area (Å²) in [5, 5.41) is 1.22. The minimum atomic E-state index is 0. The van der Waals surface area contributed by atoms with E-state index in [1.807, 2.05) is 35.2 Å². The molecule has 0 aliphatic carbocycles. The Kier molecular flexibility index (Phi) is 4.69. The number of benzene rings is 1. The largest absolute Gasteiger partial charge is 0.326 e. The van der Waals surface area contributed by atoms with E-state index in [-0.39, 0.29) is 12.4 Å². The van der Waals surface area contributed by atoms with Crippen LogP contribution in [-0.4, -0.2) is 4.57 Å². The van der Waals surface area contributed by atoms with Crippen LogP contribution in [-0.2, 0) is 6.54 Å². The molecule has 1 heterocycles. The van der Waals surface area contributed by atoms with Gasteiger partial charge in [0.1, 0.15) is 0 Å². The monoisotopic (exact) mass is 276 g/mol. The summed E-state index contributed by atoms with van der Waals surface area (Å²) in [5.74, 6) is 0. The quantitative estimate of drug-likeness (QED) is 0.892. The first-order valence-corrected chi connectivity index (χ1v) is 5.29. The molecule has 0 fully saturated rings. The van der Waals surface area contributed by atoms with Crippen LogP contribution in [0.2, 0.25) is 10.0 Å². The van der Waals surface area contributed by atoms with Gasteiger partial charge >= 0.3 is 0 Å². The van der Waals surface area contributed by atoms with Crippen molar-refractivity contribution in [1.82, 2.24) is 4.57 Å². The Morgan fingerprint density at radius 1 is 1.12 bits per heavy atom. The summed E-state index contributed by atoms with van der Waals surface area (Å²) in [6.07, 6.45) is 3.85. The van der Waals surface area contributed by atoms with Crippen molar-refractivity contribution in [3.05, 3.63) is 52.3 Å². The molecule has 0 aliphatic rings. The van der Waals surface area contributed by atoms with Crippen molar-refractivity contribution in [1.29, 1.82) is 0 Å². The number of rotatable bonds is 2. The summed E-state index contributed by atoms with van der Waals surface area (Å²) in [5.41, 5.74) is 7.49. The maximum atomic E-state index is 6.14. The fourth-order valence-corrected chi connectivity index (χ4v) is 2.18. The average Bonchev–Trinajstić information content (AvgIpc) is 2.69. The van der Waals surface area contributed by atoms with Crippen molar-refractivity contribution in [3.63, 3.8) is 0 Å². The number of nitrogens with two attached hydrogens (primary N) is 1. The molecule has 2 aromatic rings. The van der Waals surface area contributed by atoms with Crippen LogP contribution < -0.4 is 5.73 Å². The third-order valence-corrected chi connectivity index (χ3v) is 2.70. The van der Waals surface area contributed by atoms with Gasteiger partial charge in [0.15, 0.2) is 0 Å². The van der Waals surface area contributed by atoms with E-state index in [1.165, 1.54) is 0 Å². The minimum Gasteiger partial charge on any atom is -0.326 e. The van der Waals surface area contributed by atoms with E-state index in [0.717, 1.165) is 11.3 Å². The lowest BCUT2D eigenvalue weighted by Gasteiger charge is -2.11. The molecule has 0 amide bonds. The molecule has 16 heavy (non-hydrogen) atoms. The highest BCUT2D eigenvalue weighted by atomic mass is 35.5. The van der Waals surface area contributed by atoms with Gasteiger partial charge < -0.3 is 10.3 Å². The fraction of sp³-hybridized carbons (Fsp3) is 0.0909. The first-order valence-electron chi connectivity index (χ1n) is 4.53. The second-order valence-corrected chi connectivity index (χ2v) is 4.03. The molecule has 0 atom stereocenters. The molecule has 0 unspecified atom stereocenters. The molecule has 0 spiro atoms. The molecule has 5 heteroatoms. The molecule has 1 aromatic carbocycles. The number of aromatic nitrogens is 1. The second-order valence-electron chi connectivity index (χ2n) is 3.19. The van der Waals surface area contributed by atoms with Crippen LogP contribution in [0.4, 0.5) is 0 Å². The SMILES string of the molecule is Cl.NCc1cc(Cl)cc(Cl)c1-n1cccc1. The average molecular weight is 278 g/mol. The van der Waals surface area contributed by atoms with E-state index in [2.05, 4.69) is 0 Å². The van der Waals surface area contributed by atoms with Crippen molar-refractivity contribution in [2.45, 2.75) is 6.54 Å². The standard InChI is InChI=1S/C11H10Cl2N2.ClH/c12-9-5-8(7-14)11(10(13)6-9)15-3-1-2-4-15;/h1-6H,7,14H2;1H. The van der Waals surface area contributed by atoms with Crippen molar-refractivity contribution in [3.8, 4) is 5.69 Å². The normalized spacial score (nSPS) is 9.94. The van der Waals surface area contributed by atoms with Crippen molar-refractivity contribution in [2.75, 3.05) is 0 Å². The number of hydrogen-bond acceptors (Lipinski definition) is 1. The van der Waals surface area contributed by atoms with Gasteiger partial charge in [0.25, 0.3) is 0 Å². The molecule has 0 aliphatic heterocycles. The first-order chi connectivity index (χ1) is 7.22. The van der Waals surface area contributed by atoms with Crippen molar-refractivity contribution >= 4 is 35.6 Å². The zero-order chi connectivity index (χ0) is 10.8. The van der Waals surface area contributed by atoms with E-state index in [9.17, 15) is 0 Å². The Balaban J connectivity index is 0.00000128. The Morgan fingerprint density at radius 3 is 2.31 bits per heavy atom. The van der Waals surface area contributed by atoms with Crippen molar-refractivity contribution < 1.29 is 0 Å². The molecule has 0 bridgehead atoms. The fourth-order valence-electron chi connectivity index (χ4n) is 1.55. The summed E-state index contributed by atoms with van der Waals surface area (Å²) in [6, 6.07) is 7.43. The number of hydrogen-bond donors (Lipinski definition) is 1. The van der Waals surface area contributed by atoms with Crippen molar-refractivity contribution in [2.24, 2.45) is 5.73 Å². The first kappa shape index (κ1) is 13.4. The van der Waals surface area contributed by atoms with E-state index < -0.39 is 0 Å². The zero-order valence-corrected chi connectivity index (χ0v) is 10.7. The molecule has 86 valence electrons. The zero-order valence-electron chi connectivity index (χ0n) is 8.36. The van der Waals surface area contributed by atoms with Gasteiger partial charge in [-0.25, -0.2) is 0 Å². The van der Waals surface area contributed by atoms with Gasteiger partial charge in [-0.05, 0) is 29.8 Å². The van der Waals surface area contributed by atoms with Crippen LogP contribution in [0.15, 0.2) is 36.7 Å². The van der Waals surface area contributed by atoms with E-state index in [4.69, 9.17) is 28.9 Å². The third kappa shape index (κ3) is 2.53. The predicted octanol–water partition coefficient (Wildman–Crippen LogP) is 3.66. The van der Waals surface area contributed by atoms with Crippen LogP contribution in [0.3, 0.4) is 0 Å². The van der Waals surface area contributed by atoms with E-state index in [1.54, 1.807) is 6.07 Å². The highest BCUT2D eigenvalue weighted by Crippen LogP contribution is 2.28. The summed E-state index contributed by atoms with van der Waals surface area (Å²) in [6.45, 7) is 0.411. The minimum absolute atomic E-state index is 0. The summed E-state index contributed by atoms with van der Waals surface area (Å²) < 4.78 is 1.93. The van der Waals surface area contributed by atoms with E-state index in [0.29, 0.717) is 16.6 Å². The molecular formula is C11H11Cl3N2. The molecule has 0 radical (unpaired) electrons. The Labute approximate surface area is 110 Å². The maximum absolute atomic E-state index is 6.14. The topological polar surface area (TPSA) is 30.9 Å². The van der Waals surface area contributed by atoms with Gasteiger partial charge in [-0.2, -0.15) is 0 Å². The lowest BCUT2D eigenvalue weighted by molar-refractivity contribution is 0.992. The van der Waals surface area contributed by atoms with Crippen LogP contribution in [0.1, 0.15) is 5.56 Å². The summed E-state index contributed by atoms with van der Waals surface area (Å²) in [4.78, 5) is 0. The van der Waals surface area contributed by atoms with Crippen LogP contribution >= 0.6 is 35.6 Å². The number of nitrogens with zero attached hydrogens (tertiary/aromatic N) is 1. The summed E-state index contributed by atoms with van der Waals surface area (Å²) in [7, 11) is 0. The molecule has 0 saturated carbocycles. The van der Waals surface area contributed by atoms with Gasteiger partial charge in [-0.3, -0.25) is 0 Å². The lowest BCUT2D eigenvalue weighted by atomic mass is 10.1. The molecule has 1 aromatic heterocycles. The summed E-state index contributed by atoms with van der Waals surface area (Å²) >= 11 is 12.1. The third-order valence-electron chi connectivity index (χ3n) is 2.19. The van der Waals surface area contributed by atoms with Gasteiger partial charge in [0.2, 0.25) is 0 Å². The highest BCUT2D eigenvalue weighted by Gasteiger charge is 2.09. The van der Waals surface area contributed by atoms with Gasteiger partial charge in [0, 0.05) is 24.0 Å². The molecule has 2 nitrogen and oxygen atoms in total. The van der Waals surface area contributed by atoms with Crippen LogP contribution in [0, 0.1) is 0 Å².